The third-order valence-corrected chi connectivity index (χ3v) is 3.99. The molecule has 0 radical (unpaired) electrons. The van der Waals surface area contributed by atoms with Crippen molar-refractivity contribution in [1.82, 2.24) is 20.0 Å². The summed E-state index contributed by atoms with van der Waals surface area (Å²) in [5.41, 5.74) is 1.52. The molecule has 3 rings (SSSR count). The van der Waals surface area contributed by atoms with E-state index in [9.17, 15) is 9.59 Å². The lowest BCUT2D eigenvalue weighted by atomic mass is 10.1. The fourth-order valence-electron chi connectivity index (χ4n) is 2.73. The highest BCUT2D eigenvalue weighted by Crippen LogP contribution is 2.19. The Bertz CT molecular complexity index is 725. The molecule has 122 valence electrons. The fraction of sp³-hybridized carbons (Fsp3) is 0.438. The molecule has 0 saturated carbocycles. The number of benzene rings is 1. The minimum Gasteiger partial charge on any atom is -0.444 e. The van der Waals surface area contributed by atoms with Crippen LogP contribution < -0.4 is 0 Å². The molecule has 0 bridgehead atoms. The van der Waals surface area contributed by atoms with Gasteiger partial charge in [0.25, 0.3) is 5.91 Å². The van der Waals surface area contributed by atoms with Gasteiger partial charge in [0, 0.05) is 31.6 Å². The highest BCUT2D eigenvalue weighted by atomic mass is 16.6. The van der Waals surface area contributed by atoms with E-state index in [-0.39, 0.29) is 18.1 Å². The number of hydrogen-bond donors (Lipinski definition) is 1. The van der Waals surface area contributed by atoms with E-state index in [0.717, 1.165) is 23.7 Å². The first kappa shape index (κ1) is 15.3. The number of aromatic amines is 1. The Hall–Kier alpha value is -2.57. The molecule has 1 saturated heterocycles. The maximum absolute atomic E-state index is 12.7. The van der Waals surface area contributed by atoms with Crippen LogP contribution in [0.3, 0.4) is 0 Å². The quantitative estimate of drug-likeness (QED) is 0.917. The molecule has 1 N–H and O–H groups in total. The molecule has 1 unspecified atom stereocenters. The molecule has 1 aliphatic rings. The number of hydrogen-bond acceptors (Lipinski definition) is 4. The smallest absolute Gasteiger partial charge is 0.409 e. The van der Waals surface area contributed by atoms with Crippen LogP contribution in [0, 0.1) is 0 Å². The maximum atomic E-state index is 12.7. The first-order valence-electron chi connectivity index (χ1n) is 7.65. The number of carbonyl (C=O) groups is 2. The Labute approximate surface area is 134 Å². The van der Waals surface area contributed by atoms with Crippen molar-refractivity contribution < 1.29 is 14.3 Å². The van der Waals surface area contributed by atoms with Crippen LogP contribution >= 0.6 is 0 Å². The molecule has 7 heteroatoms. The molecule has 2 aromatic rings. The van der Waals surface area contributed by atoms with E-state index in [4.69, 9.17) is 4.74 Å². The van der Waals surface area contributed by atoms with Crippen LogP contribution in [0.4, 0.5) is 4.79 Å². The van der Waals surface area contributed by atoms with Crippen LogP contribution in [-0.4, -0.2) is 65.3 Å². The molecule has 1 aliphatic heterocycles. The number of fused-ring (bicyclic) bond motifs is 1. The van der Waals surface area contributed by atoms with Crippen LogP contribution in [0.2, 0.25) is 0 Å². The number of amides is 2. The zero-order valence-corrected chi connectivity index (χ0v) is 13.3. The molecule has 2 amide bonds. The molecule has 2 heterocycles. The first-order chi connectivity index (χ1) is 11.0. The van der Waals surface area contributed by atoms with Gasteiger partial charge in [-0.05, 0) is 31.0 Å². The lowest BCUT2D eigenvalue weighted by molar-refractivity contribution is 0.0252. The van der Waals surface area contributed by atoms with Crippen molar-refractivity contribution in [3.8, 4) is 0 Å². The average Bonchev–Trinajstić information content (AvgIpc) is 3.01. The molecule has 0 aliphatic carbocycles. The largest absolute Gasteiger partial charge is 0.444 e. The number of aromatic nitrogens is 2. The van der Waals surface area contributed by atoms with Crippen molar-refractivity contribution in [2.24, 2.45) is 0 Å². The van der Waals surface area contributed by atoms with E-state index in [1.165, 1.54) is 4.90 Å². The number of rotatable bonds is 2. The van der Waals surface area contributed by atoms with Gasteiger partial charge in [0.15, 0.2) is 0 Å². The zero-order valence-electron chi connectivity index (χ0n) is 13.3. The Morgan fingerprint density at radius 1 is 1.39 bits per heavy atom. The Morgan fingerprint density at radius 2 is 2.22 bits per heavy atom. The van der Waals surface area contributed by atoms with Crippen molar-refractivity contribution >= 4 is 22.9 Å². The van der Waals surface area contributed by atoms with Crippen LogP contribution in [0.25, 0.3) is 10.9 Å². The first-order valence-corrected chi connectivity index (χ1v) is 7.65. The molecular formula is C16H20N4O3. The molecule has 0 spiro atoms. The lowest BCUT2D eigenvalue weighted by Crippen LogP contribution is -2.44. The monoisotopic (exact) mass is 316 g/mol. The number of piperidine rings is 1. The van der Waals surface area contributed by atoms with Gasteiger partial charge in [-0.2, -0.15) is 5.10 Å². The number of likely N-dealkylation sites (tertiary alicyclic amines) is 1. The Balaban J connectivity index is 1.70. The highest BCUT2D eigenvalue weighted by Gasteiger charge is 2.27. The third kappa shape index (κ3) is 3.28. The average molecular weight is 316 g/mol. The summed E-state index contributed by atoms with van der Waals surface area (Å²) in [6.45, 7) is 1.11. The zero-order chi connectivity index (χ0) is 16.4. The van der Waals surface area contributed by atoms with Gasteiger partial charge < -0.3 is 14.5 Å². The van der Waals surface area contributed by atoms with Gasteiger partial charge in [-0.3, -0.25) is 9.89 Å². The van der Waals surface area contributed by atoms with Gasteiger partial charge in [-0.1, -0.05) is 0 Å². The summed E-state index contributed by atoms with van der Waals surface area (Å²) in [6.07, 6.45) is 2.68. The standard InChI is InChI=1S/C16H20N4O3/c1-19(2)16(22)23-13-4-3-7-20(10-13)15(21)11-5-6-14-12(8-11)9-17-18-14/h5-6,8-9,13H,3-4,7,10H2,1-2H3,(H,17,18). The summed E-state index contributed by atoms with van der Waals surface area (Å²) < 4.78 is 5.40. The molecule has 23 heavy (non-hydrogen) atoms. The molecule has 1 fully saturated rings. The molecule has 1 aromatic carbocycles. The van der Waals surface area contributed by atoms with Crippen molar-refractivity contribution in [2.45, 2.75) is 18.9 Å². The van der Waals surface area contributed by atoms with Gasteiger partial charge in [0.05, 0.1) is 18.3 Å². The Morgan fingerprint density at radius 3 is 3.00 bits per heavy atom. The van der Waals surface area contributed by atoms with E-state index in [1.807, 2.05) is 12.1 Å². The summed E-state index contributed by atoms with van der Waals surface area (Å²) in [5, 5.41) is 7.74. The topological polar surface area (TPSA) is 78.5 Å². The lowest BCUT2D eigenvalue weighted by Gasteiger charge is -2.33. The predicted octanol–water partition coefficient (Wildman–Crippen LogP) is 1.87. The number of carbonyl (C=O) groups excluding carboxylic acids is 2. The van der Waals surface area contributed by atoms with Gasteiger partial charge >= 0.3 is 6.09 Å². The summed E-state index contributed by atoms with van der Waals surface area (Å²) in [4.78, 5) is 27.5. The minimum atomic E-state index is -0.371. The fourth-order valence-corrected chi connectivity index (χ4v) is 2.73. The van der Waals surface area contributed by atoms with Gasteiger partial charge in [-0.25, -0.2) is 4.79 Å². The second-order valence-electron chi connectivity index (χ2n) is 5.97. The van der Waals surface area contributed by atoms with Crippen LogP contribution in [0.1, 0.15) is 23.2 Å². The second-order valence-corrected chi connectivity index (χ2v) is 5.97. The SMILES string of the molecule is CN(C)C(=O)OC1CCCN(C(=O)c2ccc3[nH]ncc3c2)C1. The maximum Gasteiger partial charge on any atom is 0.409 e. The summed E-state index contributed by atoms with van der Waals surface area (Å²) in [7, 11) is 3.29. The number of ether oxygens (including phenoxy) is 1. The second kappa shape index (κ2) is 6.28. The van der Waals surface area contributed by atoms with Gasteiger partial charge in [-0.15, -0.1) is 0 Å². The normalized spacial score (nSPS) is 18.0. The number of H-pyrrole nitrogens is 1. The summed E-state index contributed by atoms with van der Waals surface area (Å²) >= 11 is 0. The van der Waals surface area contributed by atoms with E-state index < -0.39 is 0 Å². The third-order valence-electron chi connectivity index (χ3n) is 3.99. The predicted molar refractivity (Wildman–Crippen MR) is 85.2 cm³/mol. The van der Waals surface area contributed by atoms with Crippen molar-refractivity contribution in [1.29, 1.82) is 0 Å². The molecule has 1 atom stereocenters. The Kier molecular flexibility index (Phi) is 4.18. The van der Waals surface area contributed by atoms with E-state index in [0.29, 0.717) is 18.7 Å². The van der Waals surface area contributed by atoms with E-state index in [2.05, 4.69) is 10.2 Å². The number of nitrogens with zero attached hydrogens (tertiary/aromatic N) is 3. The summed E-state index contributed by atoms with van der Waals surface area (Å²) in [6, 6.07) is 5.47. The van der Waals surface area contributed by atoms with Gasteiger partial charge in [0.2, 0.25) is 0 Å². The van der Waals surface area contributed by atoms with Crippen molar-refractivity contribution in [3.63, 3.8) is 0 Å². The highest BCUT2D eigenvalue weighted by molar-refractivity contribution is 5.97. The molecule has 7 nitrogen and oxygen atoms in total. The minimum absolute atomic E-state index is 0.0429. The van der Waals surface area contributed by atoms with Gasteiger partial charge in [0.1, 0.15) is 6.10 Å². The number of nitrogens with one attached hydrogen (secondary N) is 1. The van der Waals surface area contributed by atoms with E-state index >= 15 is 0 Å². The van der Waals surface area contributed by atoms with Crippen LogP contribution in [0.15, 0.2) is 24.4 Å². The molecule has 1 aromatic heterocycles. The molecular weight excluding hydrogens is 296 g/mol. The van der Waals surface area contributed by atoms with E-state index in [1.54, 1.807) is 31.3 Å². The van der Waals surface area contributed by atoms with Crippen LogP contribution in [0.5, 0.6) is 0 Å². The van der Waals surface area contributed by atoms with Crippen molar-refractivity contribution in [2.75, 3.05) is 27.2 Å². The summed E-state index contributed by atoms with van der Waals surface area (Å²) in [5.74, 6) is -0.0429. The van der Waals surface area contributed by atoms with Crippen LogP contribution in [-0.2, 0) is 4.74 Å². The van der Waals surface area contributed by atoms with Crippen molar-refractivity contribution in [3.05, 3.63) is 30.0 Å².